The molecule has 0 radical (unpaired) electrons. The zero-order valence-corrected chi connectivity index (χ0v) is 7.90. The van der Waals surface area contributed by atoms with E-state index in [0.717, 1.165) is 0 Å². The monoisotopic (exact) mass is 189 g/mol. The lowest BCUT2D eigenvalue weighted by atomic mass is 10.3. The smallest absolute Gasteiger partial charge is 0.335 e. The van der Waals surface area contributed by atoms with Crippen molar-refractivity contribution >= 4 is 12.2 Å². The van der Waals surface area contributed by atoms with Gasteiger partial charge in [0.25, 0.3) is 0 Å². The Labute approximate surface area is 77.3 Å². The van der Waals surface area contributed by atoms with E-state index in [1.165, 1.54) is 6.21 Å². The lowest BCUT2D eigenvalue weighted by molar-refractivity contribution is -0.152. The highest BCUT2D eigenvalue weighted by molar-refractivity contribution is 5.78. The SMILES string of the molecule is CCON=CCC(O)C(=O)OCC. The van der Waals surface area contributed by atoms with Crippen LogP contribution in [0.1, 0.15) is 20.3 Å². The minimum absolute atomic E-state index is 0.110. The van der Waals surface area contributed by atoms with E-state index in [-0.39, 0.29) is 13.0 Å². The van der Waals surface area contributed by atoms with E-state index in [9.17, 15) is 4.79 Å². The van der Waals surface area contributed by atoms with Crippen molar-refractivity contribution < 1.29 is 19.5 Å². The van der Waals surface area contributed by atoms with Crippen molar-refractivity contribution in [2.45, 2.75) is 26.4 Å². The molecule has 76 valence electrons. The van der Waals surface area contributed by atoms with E-state index in [4.69, 9.17) is 5.11 Å². The van der Waals surface area contributed by atoms with Gasteiger partial charge in [-0.05, 0) is 13.8 Å². The molecule has 0 aliphatic rings. The van der Waals surface area contributed by atoms with E-state index < -0.39 is 12.1 Å². The summed E-state index contributed by atoms with van der Waals surface area (Å²) in [6.45, 7) is 4.20. The molecule has 0 aliphatic carbocycles. The third-order valence-corrected chi connectivity index (χ3v) is 1.17. The van der Waals surface area contributed by atoms with Crippen LogP contribution in [-0.2, 0) is 14.4 Å². The first-order valence-corrected chi connectivity index (χ1v) is 4.20. The molecule has 0 aromatic carbocycles. The standard InChI is InChI=1S/C8H15NO4/c1-3-12-8(11)7(10)5-6-9-13-4-2/h6-7,10H,3-5H2,1-2H3. The van der Waals surface area contributed by atoms with Gasteiger partial charge in [-0.15, -0.1) is 0 Å². The molecular formula is C8H15NO4. The summed E-state index contributed by atoms with van der Waals surface area (Å²) in [7, 11) is 0. The molecule has 0 spiro atoms. The van der Waals surface area contributed by atoms with E-state index in [2.05, 4.69) is 14.7 Å². The quantitative estimate of drug-likeness (QED) is 0.371. The van der Waals surface area contributed by atoms with E-state index in [0.29, 0.717) is 6.61 Å². The maximum absolute atomic E-state index is 10.8. The summed E-state index contributed by atoms with van der Waals surface area (Å²) >= 11 is 0. The molecule has 0 bridgehead atoms. The summed E-state index contributed by atoms with van der Waals surface area (Å²) in [6.07, 6.45) is 0.299. The molecule has 0 saturated carbocycles. The number of esters is 1. The van der Waals surface area contributed by atoms with Gasteiger partial charge in [0.2, 0.25) is 0 Å². The zero-order chi connectivity index (χ0) is 10.1. The molecule has 0 fully saturated rings. The highest BCUT2D eigenvalue weighted by atomic mass is 16.6. The number of hydrogen-bond donors (Lipinski definition) is 1. The van der Waals surface area contributed by atoms with Gasteiger partial charge in [-0.25, -0.2) is 4.79 Å². The highest BCUT2D eigenvalue weighted by Crippen LogP contribution is 1.92. The normalized spacial score (nSPS) is 12.8. The van der Waals surface area contributed by atoms with Crippen LogP contribution in [0.5, 0.6) is 0 Å². The Morgan fingerprint density at radius 2 is 2.23 bits per heavy atom. The molecule has 0 heterocycles. The van der Waals surface area contributed by atoms with Gasteiger partial charge in [-0.1, -0.05) is 5.16 Å². The van der Waals surface area contributed by atoms with Crippen LogP contribution >= 0.6 is 0 Å². The van der Waals surface area contributed by atoms with Crippen LogP contribution in [0, 0.1) is 0 Å². The number of oxime groups is 1. The van der Waals surface area contributed by atoms with Crippen LogP contribution in [0.4, 0.5) is 0 Å². The molecule has 0 aromatic rings. The molecule has 1 N–H and O–H groups in total. The lowest BCUT2D eigenvalue weighted by Crippen LogP contribution is -2.23. The maximum atomic E-state index is 10.8. The third kappa shape index (κ3) is 6.10. The second-order valence-corrected chi connectivity index (χ2v) is 2.21. The lowest BCUT2D eigenvalue weighted by Gasteiger charge is -2.05. The molecule has 1 unspecified atom stereocenters. The summed E-state index contributed by atoms with van der Waals surface area (Å²) in [5.74, 6) is -0.634. The van der Waals surface area contributed by atoms with Crippen molar-refractivity contribution in [3.8, 4) is 0 Å². The van der Waals surface area contributed by atoms with Crippen LogP contribution in [0.2, 0.25) is 0 Å². The Balaban J connectivity index is 3.60. The van der Waals surface area contributed by atoms with Crippen molar-refractivity contribution in [3.63, 3.8) is 0 Å². The first-order valence-electron chi connectivity index (χ1n) is 4.20. The predicted molar refractivity (Wildman–Crippen MR) is 47.4 cm³/mol. The number of rotatable bonds is 6. The number of aliphatic hydroxyl groups is 1. The summed E-state index contributed by atoms with van der Waals surface area (Å²) in [6, 6.07) is 0. The number of nitrogens with zero attached hydrogens (tertiary/aromatic N) is 1. The largest absolute Gasteiger partial charge is 0.464 e. The van der Waals surface area contributed by atoms with Crippen molar-refractivity contribution in [3.05, 3.63) is 0 Å². The molecule has 13 heavy (non-hydrogen) atoms. The number of hydrogen-bond acceptors (Lipinski definition) is 5. The molecule has 5 nitrogen and oxygen atoms in total. The van der Waals surface area contributed by atoms with Crippen LogP contribution in [0.25, 0.3) is 0 Å². The summed E-state index contributed by atoms with van der Waals surface area (Å²) in [4.78, 5) is 15.5. The second-order valence-electron chi connectivity index (χ2n) is 2.21. The molecule has 0 rings (SSSR count). The fraction of sp³-hybridized carbons (Fsp3) is 0.750. The Morgan fingerprint density at radius 1 is 1.54 bits per heavy atom. The molecule has 1 atom stereocenters. The van der Waals surface area contributed by atoms with Crippen LogP contribution in [0.3, 0.4) is 0 Å². The van der Waals surface area contributed by atoms with Crippen LogP contribution in [0.15, 0.2) is 5.16 Å². The van der Waals surface area contributed by atoms with Crippen LogP contribution < -0.4 is 0 Å². The van der Waals surface area contributed by atoms with E-state index >= 15 is 0 Å². The van der Waals surface area contributed by atoms with Gasteiger partial charge in [0.1, 0.15) is 6.61 Å². The average Bonchev–Trinajstić information content (AvgIpc) is 2.12. The molecule has 0 aliphatic heterocycles. The molecule has 5 heteroatoms. The first kappa shape index (κ1) is 11.9. The van der Waals surface area contributed by atoms with Gasteiger partial charge in [0.15, 0.2) is 6.10 Å². The minimum Gasteiger partial charge on any atom is -0.464 e. The summed E-state index contributed by atoms with van der Waals surface area (Å²) in [5.41, 5.74) is 0. The predicted octanol–water partition coefficient (Wildman–Crippen LogP) is 0.323. The molecule has 0 amide bonds. The van der Waals surface area contributed by atoms with Gasteiger partial charge >= 0.3 is 5.97 Å². The van der Waals surface area contributed by atoms with Gasteiger partial charge in [-0.3, -0.25) is 0 Å². The Hall–Kier alpha value is -1.10. The van der Waals surface area contributed by atoms with Gasteiger partial charge in [0, 0.05) is 12.6 Å². The van der Waals surface area contributed by atoms with Gasteiger partial charge in [-0.2, -0.15) is 0 Å². The summed E-state index contributed by atoms with van der Waals surface area (Å²) < 4.78 is 4.57. The van der Waals surface area contributed by atoms with Gasteiger partial charge in [0.05, 0.1) is 6.61 Å². The fourth-order valence-corrected chi connectivity index (χ4v) is 0.605. The second kappa shape index (κ2) is 7.54. The molecule has 0 saturated heterocycles. The van der Waals surface area contributed by atoms with Crippen molar-refractivity contribution in [1.29, 1.82) is 0 Å². The third-order valence-electron chi connectivity index (χ3n) is 1.17. The Morgan fingerprint density at radius 3 is 2.77 bits per heavy atom. The molecule has 0 aromatic heterocycles. The van der Waals surface area contributed by atoms with Crippen LogP contribution in [-0.4, -0.2) is 36.6 Å². The first-order chi connectivity index (χ1) is 6.22. The fourth-order valence-electron chi connectivity index (χ4n) is 0.605. The van der Waals surface area contributed by atoms with Crippen molar-refractivity contribution in [1.82, 2.24) is 0 Å². The van der Waals surface area contributed by atoms with Crippen molar-refractivity contribution in [2.75, 3.05) is 13.2 Å². The minimum atomic E-state index is -1.15. The number of carbonyl (C=O) groups is 1. The maximum Gasteiger partial charge on any atom is 0.335 e. The molecular weight excluding hydrogens is 174 g/mol. The number of ether oxygens (including phenoxy) is 1. The topological polar surface area (TPSA) is 68.1 Å². The highest BCUT2D eigenvalue weighted by Gasteiger charge is 2.13. The van der Waals surface area contributed by atoms with E-state index in [1.807, 2.05) is 0 Å². The van der Waals surface area contributed by atoms with Gasteiger partial charge < -0.3 is 14.7 Å². The number of aliphatic hydroxyl groups excluding tert-OH is 1. The Bertz CT molecular complexity index is 170. The Kier molecular flexibility index (Phi) is 6.91. The zero-order valence-electron chi connectivity index (χ0n) is 7.90. The average molecular weight is 189 g/mol. The van der Waals surface area contributed by atoms with E-state index in [1.54, 1.807) is 13.8 Å². The summed E-state index contributed by atoms with van der Waals surface area (Å²) in [5, 5.41) is 12.6. The van der Waals surface area contributed by atoms with Crippen molar-refractivity contribution in [2.24, 2.45) is 5.16 Å². The number of carbonyl (C=O) groups excluding carboxylic acids is 1.